The quantitative estimate of drug-likeness (QED) is 0.772. The fourth-order valence-electron chi connectivity index (χ4n) is 2.48. The summed E-state index contributed by atoms with van der Waals surface area (Å²) < 4.78 is 15.4. The number of phenols is 1. The number of hydrogen-bond acceptors (Lipinski definition) is 3. The molecule has 3 aromatic rings. The highest BCUT2D eigenvalue weighted by Crippen LogP contribution is 2.29. The van der Waals surface area contributed by atoms with Crippen LogP contribution >= 0.6 is 0 Å². The Hall–Kier alpha value is -3.59. The van der Waals surface area contributed by atoms with Crippen LogP contribution in [0.1, 0.15) is 15.9 Å². The SMILES string of the molecule is N#Cc1cn(-c2cc(O)c(C(=O)O)c(F)c2)cc1-c1ccccc1. The van der Waals surface area contributed by atoms with Crippen LogP contribution in [0.2, 0.25) is 0 Å². The molecular formula is C18H11FN2O3. The molecule has 0 unspecified atom stereocenters. The predicted molar refractivity (Wildman–Crippen MR) is 84.5 cm³/mol. The number of aromatic nitrogens is 1. The lowest BCUT2D eigenvalue weighted by molar-refractivity contribution is 0.0688. The van der Waals surface area contributed by atoms with E-state index in [0.29, 0.717) is 11.1 Å². The molecule has 3 rings (SSSR count). The lowest BCUT2D eigenvalue weighted by Gasteiger charge is -2.07. The fourth-order valence-corrected chi connectivity index (χ4v) is 2.48. The van der Waals surface area contributed by atoms with Crippen molar-refractivity contribution >= 4 is 5.97 Å². The van der Waals surface area contributed by atoms with Crippen LogP contribution in [-0.4, -0.2) is 20.7 Å². The van der Waals surface area contributed by atoms with Crippen LogP contribution in [0.25, 0.3) is 16.8 Å². The molecule has 2 aromatic carbocycles. The van der Waals surface area contributed by atoms with Crippen molar-refractivity contribution in [2.45, 2.75) is 0 Å². The molecule has 0 aliphatic carbocycles. The third-order valence-corrected chi connectivity index (χ3v) is 3.60. The Morgan fingerprint density at radius 1 is 1.17 bits per heavy atom. The molecule has 0 saturated carbocycles. The van der Waals surface area contributed by atoms with E-state index >= 15 is 0 Å². The van der Waals surface area contributed by atoms with E-state index in [1.54, 1.807) is 6.20 Å². The first-order valence-electron chi connectivity index (χ1n) is 6.95. The van der Waals surface area contributed by atoms with Gasteiger partial charge in [0.2, 0.25) is 0 Å². The molecule has 0 atom stereocenters. The minimum Gasteiger partial charge on any atom is -0.507 e. The van der Waals surface area contributed by atoms with Crippen molar-refractivity contribution in [1.82, 2.24) is 4.57 Å². The molecule has 0 aliphatic heterocycles. The second-order valence-electron chi connectivity index (χ2n) is 5.10. The third kappa shape index (κ3) is 2.59. The summed E-state index contributed by atoms with van der Waals surface area (Å²) in [5, 5.41) is 27.9. The molecule has 6 heteroatoms. The molecule has 2 N–H and O–H groups in total. The van der Waals surface area contributed by atoms with E-state index in [-0.39, 0.29) is 5.69 Å². The van der Waals surface area contributed by atoms with Crippen molar-refractivity contribution in [3.8, 4) is 28.6 Å². The molecule has 5 nitrogen and oxygen atoms in total. The minimum absolute atomic E-state index is 0.216. The average molecular weight is 322 g/mol. The van der Waals surface area contributed by atoms with Crippen LogP contribution < -0.4 is 0 Å². The summed E-state index contributed by atoms with van der Waals surface area (Å²) in [5.41, 5.74) is 1.28. The number of hydrogen-bond donors (Lipinski definition) is 2. The van der Waals surface area contributed by atoms with E-state index in [1.165, 1.54) is 10.8 Å². The van der Waals surface area contributed by atoms with Gasteiger partial charge >= 0.3 is 5.97 Å². The maximum absolute atomic E-state index is 13.9. The number of carbonyl (C=O) groups is 1. The van der Waals surface area contributed by atoms with E-state index in [2.05, 4.69) is 6.07 Å². The Bertz CT molecular complexity index is 949. The predicted octanol–water partition coefficient (Wildman–Crippen LogP) is 3.56. The maximum Gasteiger partial charge on any atom is 0.342 e. The zero-order valence-corrected chi connectivity index (χ0v) is 12.3. The van der Waals surface area contributed by atoms with Crippen LogP contribution in [0.15, 0.2) is 54.9 Å². The summed E-state index contributed by atoms with van der Waals surface area (Å²) in [6.45, 7) is 0. The van der Waals surface area contributed by atoms with Gasteiger partial charge in [-0.3, -0.25) is 0 Å². The molecule has 1 heterocycles. The normalized spacial score (nSPS) is 10.3. The first kappa shape index (κ1) is 15.3. The standard InChI is InChI=1S/C18H11FN2O3/c19-15-6-13(7-16(22)17(15)18(23)24)21-9-12(8-20)14(10-21)11-4-2-1-3-5-11/h1-7,9-10,22H,(H,23,24). The Kier molecular flexibility index (Phi) is 3.76. The van der Waals surface area contributed by atoms with Gasteiger partial charge in [0.1, 0.15) is 23.2 Å². The van der Waals surface area contributed by atoms with Crippen molar-refractivity contribution < 1.29 is 19.4 Å². The van der Waals surface area contributed by atoms with Gasteiger partial charge in [-0.15, -0.1) is 0 Å². The summed E-state index contributed by atoms with van der Waals surface area (Å²) in [7, 11) is 0. The lowest BCUT2D eigenvalue weighted by atomic mass is 10.1. The van der Waals surface area contributed by atoms with E-state index in [1.807, 2.05) is 30.3 Å². The smallest absolute Gasteiger partial charge is 0.342 e. The first-order valence-corrected chi connectivity index (χ1v) is 6.95. The topological polar surface area (TPSA) is 86.3 Å². The zero-order chi connectivity index (χ0) is 17.3. The Labute approximate surface area is 136 Å². The van der Waals surface area contributed by atoms with Gasteiger partial charge < -0.3 is 14.8 Å². The number of nitrogens with zero attached hydrogens (tertiary/aromatic N) is 2. The molecule has 0 aliphatic rings. The number of benzene rings is 2. The molecule has 0 amide bonds. The van der Waals surface area contributed by atoms with Gasteiger partial charge in [-0.05, 0) is 11.6 Å². The van der Waals surface area contributed by atoms with Gasteiger partial charge in [0.15, 0.2) is 0 Å². The number of nitriles is 1. The molecular weight excluding hydrogens is 311 g/mol. The van der Waals surface area contributed by atoms with Crippen LogP contribution in [0, 0.1) is 17.1 Å². The van der Waals surface area contributed by atoms with Crippen LogP contribution in [0.5, 0.6) is 5.75 Å². The summed E-state index contributed by atoms with van der Waals surface area (Å²) in [6, 6.07) is 13.4. The molecule has 0 spiro atoms. The summed E-state index contributed by atoms with van der Waals surface area (Å²) in [6.07, 6.45) is 3.12. The lowest BCUT2D eigenvalue weighted by Crippen LogP contribution is -2.03. The molecule has 118 valence electrons. The van der Waals surface area contributed by atoms with Gasteiger partial charge in [0, 0.05) is 24.0 Å². The van der Waals surface area contributed by atoms with Gasteiger partial charge in [0.05, 0.1) is 11.3 Å². The Morgan fingerprint density at radius 2 is 1.88 bits per heavy atom. The highest BCUT2D eigenvalue weighted by molar-refractivity contribution is 5.91. The van der Waals surface area contributed by atoms with Gasteiger partial charge in [-0.1, -0.05) is 30.3 Å². The second kappa shape index (κ2) is 5.89. The monoisotopic (exact) mass is 322 g/mol. The highest BCUT2D eigenvalue weighted by atomic mass is 19.1. The number of aromatic carboxylic acids is 1. The fraction of sp³-hybridized carbons (Fsp3) is 0. The maximum atomic E-state index is 13.9. The molecule has 0 radical (unpaired) electrons. The molecule has 0 saturated heterocycles. The van der Waals surface area contributed by atoms with Crippen LogP contribution in [0.4, 0.5) is 4.39 Å². The van der Waals surface area contributed by atoms with Crippen molar-refractivity contribution in [1.29, 1.82) is 5.26 Å². The molecule has 0 fully saturated rings. The van der Waals surface area contributed by atoms with Crippen LogP contribution in [0.3, 0.4) is 0 Å². The van der Waals surface area contributed by atoms with Crippen molar-refractivity contribution in [2.24, 2.45) is 0 Å². The first-order chi connectivity index (χ1) is 11.5. The summed E-state index contributed by atoms with van der Waals surface area (Å²) >= 11 is 0. The number of rotatable bonds is 3. The van der Waals surface area contributed by atoms with Crippen molar-refractivity contribution in [3.63, 3.8) is 0 Å². The number of carboxylic acid groups (broad SMARTS) is 1. The van der Waals surface area contributed by atoms with E-state index in [4.69, 9.17) is 5.11 Å². The molecule has 24 heavy (non-hydrogen) atoms. The summed E-state index contributed by atoms with van der Waals surface area (Å²) in [4.78, 5) is 10.9. The summed E-state index contributed by atoms with van der Waals surface area (Å²) in [5.74, 6) is -3.27. The van der Waals surface area contributed by atoms with Crippen molar-refractivity contribution in [3.05, 3.63) is 71.8 Å². The Balaban J connectivity index is 2.14. The van der Waals surface area contributed by atoms with E-state index in [0.717, 1.165) is 17.7 Å². The second-order valence-corrected chi connectivity index (χ2v) is 5.10. The minimum atomic E-state index is -1.55. The van der Waals surface area contributed by atoms with Crippen molar-refractivity contribution in [2.75, 3.05) is 0 Å². The Morgan fingerprint density at radius 3 is 2.46 bits per heavy atom. The number of halogens is 1. The van der Waals surface area contributed by atoms with Gasteiger partial charge in [-0.25, -0.2) is 9.18 Å². The highest BCUT2D eigenvalue weighted by Gasteiger charge is 2.18. The average Bonchev–Trinajstić information content (AvgIpc) is 2.99. The molecule has 0 bridgehead atoms. The van der Waals surface area contributed by atoms with E-state index in [9.17, 15) is 19.6 Å². The zero-order valence-electron chi connectivity index (χ0n) is 12.3. The van der Waals surface area contributed by atoms with E-state index < -0.39 is 23.1 Å². The van der Waals surface area contributed by atoms with Gasteiger partial charge in [0.25, 0.3) is 0 Å². The molecule has 1 aromatic heterocycles. The largest absolute Gasteiger partial charge is 0.507 e. The van der Waals surface area contributed by atoms with Gasteiger partial charge in [-0.2, -0.15) is 5.26 Å². The number of aromatic hydroxyl groups is 1. The number of carboxylic acids is 1. The third-order valence-electron chi connectivity index (χ3n) is 3.60. The van der Waals surface area contributed by atoms with Crippen LogP contribution in [-0.2, 0) is 0 Å².